The van der Waals surface area contributed by atoms with Gasteiger partial charge in [-0.3, -0.25) is 0 Å². The van der Waals surface area contributed by atoms with Gasteiger partial charge in [-0.25, -0.2) is 0 Å². The molecule has 0 N–H and O–H groups in total. The molecule has 0 saturated heterocycles. The van der Waals surface area contributed by atoms with Crippen LogP contribution in [0.5, 0.6) is 11.5 Å². The van der Waals surface area contributed by atoms with Crippen LogP contribution in [0.15, 0.2) is 54.6 Å². The monoisotopic (exact) mass is 281 g/mol. The summed E-state index contributed by atoms with van der Waals surface area (Å²) in [7, 11) is 3.26. The van der Waals surface area contributed by atoms with Crippen LogP contribution in [0.2, 0.25) is 0 Å². The summed E-state index contributed by atoms with van der Waals surface area (Å²) in [5.41, 5.74) is 2.81. The highest BCUT2D eigenvalue weighted by molar-refractivity contribution is 5.81. The maximum Gasteiger partial charge on any atom is 0.118 e. The number of benzene rings is 2. The van der Waals surface area contributed by atoms with Gasteiger partial charge in [-0.1, -0.05) is 31.7 Å². The molecule has 21 heavy (non-hydrogen) atoms. The number of nitriles is 1. The van der Waals surface area contributed by atoms with Crippen LogP contribution in [0.25, 0.3) is 5.57 Å². The highest BCUT2D eigenvalue weighted by Crippen LogP contribution is 2.26. The summed E-state index contributed by atoms with van der Waals surface area (Å²) in [5.74, 6) is 1.58. The van der Waals surface area contributed by atoms with Crippen LogP contribution in [0.4, 0.5) is 0 Å². The van der Waals surface area contributed by atoms with E-state index >= 15 is 0 Å². The molecule has 0 atom stereocenters. The molecule has 2 rings (SSSR count). The Balaban J connectivity index is 0.00000220. The Kier molecular flexibility index (Phi) is 6.03. The van der Waals surface area contributed by atoms with Gasteiger partial charge in [-0.15, -0.1) is 0 Å². The molecule has 0 radical (unpaired) electrons. The maximum absolute atomic E-state index is 8.99. The molecule has 0 fully saturated rings. The van der Waals surface area contributed by atoms with Gasteiger partial charge in [-0.2, -0.15) is 5.26 Å². The highest BCUT2D eigenvalue weighted by Gasteiger charge is 2.05. The molecule has 0 aliphatic rings. The van der Waals surface area contributed by atoms with Crippen molar-refractivity contribution in [2.45, 2.75) is 7.43 Å². The Morgan fingerprint density at radius 3 is 1.52 bits per heavy atom. The summed E-state index contributed by atoms with van der Waals surface area (Å²) >= 11 is 0. The largest absolute Gasteiger partial charge is 0.497 e. The Hall–Kier alpha value is -2.73. The second kappa shape index (κ2) is 7.76. The van der Waals surface area contributed by atoms with E-state index in [2.05, 4.69) is 6.07 Å². The van der Waals surface area contributed by atoms with E-state index in [1.807, 2.05) is 48.5 Å². The number of methoxy groups -OCH3 is 2. The number of allylic oxidation sites excluding steroid dienone is 1. The molecule has 0 saturated carbocycles. The Bertz CT molecular complexity index is 585. The van der Waals surface area contributed by atoms with Crippen molar-refractivity contribution < 1.29 is 9.47 Å². The van der Waals surface area contributed by atoms with Crippen molar-refractivity contribution in [3.8, 4) is 17.6 Å². The lowest BCUT2D eigenvalue weighted by Gasteiger charge is -2.09. The SMILES string of the molecule is C.COc1ccc(C(=CC#N)c2ccc(OC)cc2)cc1. The molecule has 0 heterocycles. The third-order valence-electron chi connectivity index (χ3n) is 3.01. The minimum Gasteiger partial charge on any atom is -0.497 e. The minimum absolute atomic E-state index is 0. The van der Waals surface area contributed by atoms with Gasteiger partial charge in [0.15, 0.2) is 0 Å². The van der Waals surface area contributed by atoms with Gasteiger partial charge < -0.3 is 9.47 Å². The molecule has 0 spiro atoms. The fourth-order valence-corrected chi connectivity index (χ4v) is 1.94. The second-order valence-electron chi connectivity index (χ2n) is 4.14. The fourth-order valence-electron chi connectivity index (χ4n) is 1.94. The van der Waals surface area contributed by atoms with Crippen molar-refractivity contribution in [3.05, 3.63) is 65.7 Å². The molecule has 0 amide bonds. The van der Waals surface area contributed by atoms with E-state index in [0.717, 1.165) is 28.2 Å². The van der Waals surface area contributed by atoms with Gasteiger partial charge in [0.2, 0.25) is 0 Å². The van der Waals surface area contributed by atoms with Crippen LogP contribution in [0.1, 0.15) is 18.6 Å². The van der Waals surface area contributed by atoms with Crippen LogP contribution in [-0.2, 0) is 0 Å². The van der Waals surface area contributed by atoms with Gasteiger partial charge in [0.05, 0.1) is 20.3 Å². The molecule has 0 unspecified atom stereocenters. The smallest absolute Gasteiger partial charge is 0.118 e. The summed E-state index contributed by atoms with van der Waals surface area (Å²) in [6, 6.07) is 17.4. The summed E-state index contributed by atoms with van der Waals surface area (Å²) in [6.45, 7) is 0. The second-order valence-corrected chi connectivity index (χ2v) is 4.14. The molecule has 108 valence electrons. The fraction of sp³-hybridized carbons (Fsp3) is 0.167. The standard InChI is InChI=1S/C17H15NO2.CH4/c1-19-15-7-3-13(4-8-15)17(11-12-18)14-5-9-16(20-2)10-6-14;/h3-11H,1-2H3;1H4. The summed E-state index contributed by atoms with van der Waals surface area (Å²) in [4.78, 5) is 0. The van der Waals surface area contributed by atoms with Crippen LogP contribution in [-0.4, -0.2) is 14.2 Å². The van der Waals surface area contributed by atoms with E-state index in [4.69, 9.17) is 14.7 Å². The Morgan fingerprint density at radius 1 is 0.857 bits per heavy atom. The van der Waals surface area contributed by atoms with Crippen LogP contribution in [0, 0.1) is 11.3 Å². The number of nitrogens with zero attached hydrogens (tertiary/aromatic N) is 1. The van der Waals surface area contributed by atoms with Crippen molar-refractivity contribution >= 4 is 5.57 Å². The third-order valence-corrected chi connectivity index (χ3v) is 3.01. The van der Waals surface area contributed by atoms with E-state index in [0.29, 0.717) is 0 Å². The van der Waals surface area contributed by atoms with Crippen LogP contribution in [0.3, 0.4) is 0 Å². The zero-order valence-corrected chi connectivity index (χ0v) is 11.5. The highest BCUT2D eigenvalue weighted by atomic mass is 16.5. The van der Waals surface area contributed by atoms with E-state index in [1.165, 1.54) is 0 Å². The lowest BCUT2D eigenvalue weighted by atomic mass is 9.97. The lowest BCUT2D eigenvalue weighted by molar-refractivity contribution is 0.414. The number of hydrogen-bond donors (Lipinski definition) is 0. The number of hydrogen-bond acceptors (Lipinski definition) is 3. The maximum atomic E-state index is 8.99. The average molecular weight is 281 g/mol. The minimum atomic E-state index is 0. The molecule has 0 bridgehead atoms. The Labute approximate surface area is 126 Å². The molecule has 0 aromatic heterocycles. The third kappa shape index (κ3) is 3.87. The first-order chi connectivity index (χ1) is 9.78. The number of rotatable bonds is 4. The molecular formula is C18H19NO2. The first kappa shape index (κ1) is 16.3. The predicted octanol–water partition coefficient (Wildman–Crippen LogP) is 4.30. The molecule has 3 heteroatoms. The summed E-state index contributed by atoms with van der Waals surface area (Å²) in [6.07, 6.45) is 1.55. The lowest BCUT2D eigenvalue weighted by Crippen LogP contribution is -1.90. The van der Waals surface area contributed by atoms with Crippen molar-refractivity contribution in [1.29, 1.82) is 5.26 Å². The van der Waals surface area contributed by atoms with Crippen LogP contribution >= 0.6 is 0 Å². The van der Waals surface area contributed by atoms with Gasteiger partial charge in [-0.05, 0) is 41.0 Å². The zero-order valence-electron chi connectivity index (χ0n) is 11.5. The first-order valence-corrected chi connectivity index (χ1v) is 6.17. The predicted molar refractivity (Wildman–Crippen MR) is 85.4 cm³/mol. The topological polar surface area (TPSA) is 42.2 Å². The van der Waals surface area contributed by atoms with Crippen LogP contribution < -0.4 is 9.47 Å². The van der Waals surface area contributed by atoms with E-state index < -0.39 is 0 Å². The molecule has 3 nitrogen and oxygen atoms in total. The average Bonchev–Trinajstić information content (AvgIpc) is 2.53. The quantitative estimate of drug-likeness (QED) is 0.785. The summed E-state index contributed by atoms with van der Waals surface area (Å²) in [5, 5.41) is 8.99. The van der Waals surface area contributed by atoms with Crippen molar-refractivity contribution in [3.63, 3.8) is 0 Å². The van der Waals surface area contributed by atoms with Gasteiger partial charge >= 0.3 is 0 Å². The zero-order chi connectivity index (χ0) is 14.4. The van der Waals surface area contributed by atoms with Crippen molar-refractivity contribution in [2.24, 2.45) is 0 Å². The molecule has 2 aromatic rings. The molecule has 0 aliphatic heterocycles. The van der Waals surface area contributed by atoms with E-state index in [1.54, 1.807) is 20.3 Å². The Morgan fingerprint density at radius 2 is 1.24 bits per heavy atom. The molecular weight excluding hydrogens is 262 g/mol. The molecule has 2 aromatic carbocycles. The van der Waals surface area contributed by atoms with Gasteiger partial charge in [0.1, 0.15) is 11.5 Å². The number of ether oxygens (including phenoxy) is 2. The first-order valence-electron chi connectivity index (χ1n) is 6.17. The van der Waals surface area contributed by atoms with Crippen molar-refractivity contribution in [1.82, 2.24) is 0 Å². The molecule has 0 aliphatic carbocycles. The van der Waals surface area contributed by atoms with E-state index in [-0.39, 0.29) is 7.43 Å². The van der Waals surface area contributed by atoms with Gasteiger partial charge in [0, 0.05) is 6.08 Å². The normalized spacial score (nSPS) is 9.00. The van der Waals surface area contributed by atoms with Crippen molar-refractivity contribution in [2.75, 3.05) is 14.2 Å². The summed E-state index contributed by atoms with van der Waals surface area (Å²) < 4.78 is 10.3. The van der Waals surface area contributed by atoms with E-state index in [9.17, 15) is 0 Å². The van der Waals surface area contributed by atoms with Gasteiger partial charge in [0.25, 0.3) is 0 Å².